The van der Waals surface area contributed by atoms with Crippen LogP contribution < -0.4 is 27.4 Å². The zero-order chi connectivity index (χ0) is 24.5. The molecule has 0 saturated carbocycles. The van der Waals surface area contributed by atoms with Crippen LogP contribution in [0, 0.1) is 11.8 Å². The molecule has 0 saturated heterocycles. The van der Waals surface area contributed by atoms with E-state index in [2.05, 4.69) is 16.0 Å². The Hall–Kier alpha value is -3.22. The van der Waals surface area contributed by atoms with E-state index in [1.807, 2.05) is 0 Å². The summed E-state index contributed by atoms with van der Waals surface area (Å²) in [6.07, 6.45) is -1.34. The standard InChI is InChI=1S/C18H31N5O8/c1-7(2)13(17(29)23-14(8(3)4)18(30)31)22-16(28)10(6-11(20)24)21-15(27)9(19)5-12(25)26/h7-10,13-14H,5-6,19H2,1-4H3,(H2,20,24)(H,21,27)(H,22,28)(H,23,29)(H,25,26)(H,30,31). The Kier molecular flexibility index (Phi) is 11.2. The van der Waals surface area contributed by atoms with Gasteiger partial charge in [0.05, 0.1) is 18.9 Å². The van der Waals surface area contributed by atoms with Crippen molar-refractivity contribution in [2.75, 3.05) is 0 Å². The SMILES string of the molecule is CC(C)C(NC(=O)C(NC(=O)C(CC(N)=O)NC(=O)C(N)CC(=O)O)C(C)C)C(=O)O. The number of carboxylic acid groups (broad SMARTS) is 2. The lowest BCUT2D eigenvalue weighted by Crippen LogP contribution is -2.59. The van der Waals surface area contributed by atoms with E-state index in [0.717, 1.165) is 0 Å². The number of amides is 4. The summed E-state index contributed by atoms with van der Waals surface area (Å²) in [5.41, 5.74) is 10.6. The van der Waals surface area contributed by atoms with Crippen LogP contribution in [0.15, 0.2) is 0 Å². The van der Waals surface area contributed by atoms with Crippen LogP contribution in [0.5, 0.6) is 0 Å². The molecule has 0 aromatic rings. The van der Waals surface area contributed by atoms with E-state index in [1.54, 1.807) is 27.7 Å². The second-order valence-corrected chi connectivity index (χ2v) is 7.73. The van der Waals surface area contributed by atoms with Gasteiger partial charge >= 0.3 is 11.9 Å². The van der Waals surface area contributed by atoms with Gasteiger partial charge in [-0.2, -0.15) is 0 Å². The maximum atomic E-state index is 12.6. The average molecular weight is 445 g/mol. The largest absolute Gasteiger partial charge is 0.481 e. The molecule has 0 rings (SSSR count). The van der Waals surface area contributed by atoms with Crippen molar-refractivity contribution in [2.45, 2.75) is 64.7 Å². The molecule has 0 aliphatic carbocycles. The highest BCUT2D eigenvalue weighted by Crippen LogP contribution is 2.07. The summed E-state index contributed by atoms with van der Waals surface area (Å²) < 4.78 is 0. The molecule has 0 heterocycles. The summed E-state index contributed by atoms with van der Waals surface area (Å²) >= 11 is 0. The van der Waals surface area contributed by atoms with E-state index in [1.165, 1.54) is 0 Å². The van der Waals surface area contributed by atoms with Gasteiger partial charge in [-0.25, -0.2) is 4.79 Å². The average Bonchev–Trinajstić information content (AvgIpc) is 2.61. The van der Waals surface area contributed by atoms with Crippen LogP contribution in [0.1, 0.15) is 40.5 Å². The maximum absolute atomic E-state index is 12.6. The van der Waals surface area contributed by atoms with E-state index >= 15 is 0 Å². The molecule has 0 aromatic heterocycles. The quantitative estimate of drug-likeness (QED) is 0.159. The molecule has 31 heavy (non-hydrogen) atoms. The Balaban J connectivity index is 5.46. The molecule has 176 valence electrons. The summed E-state index contributed by atoms with van der Waals surface area (Å²) in [5, 5.41) is 24.8. The fourth-order valence-corrected chi connectivity index (χ4v) is 2.52. The first-order chi connectivity index (χ1) is 14.2. The minimum Gasteiger partial charge on any atom is -0.481 e. The molecular weight excluding hydrogens is 414 g/mol. The smallest absolute Gasteiger partial charge is 0.326 e. The van der Waals surface area contributed by atoms with Gasteiger partial charge in [0.2, 0.25) is 23.6 Å². The van der Waals surface area contributed by atoms with E-state index < -0.39 is 84.4 Å². The van der Waals surface area contributed by atoms with Crippen molar-refractivity contribution in [1.29, 1.82) is 0 Å². The van der Waals surface area contributed by atoms with Crippen molar-refractivity contribution in [3.63, 3.8) is 0 Å². The molecule has 9 N–H and O–H groups in total. The third-order valence-electron chi connectivity index (χ3n) is 4.25. The van der Waals surface area contributed by atoms with Gasteiger partial charge in [0.15, 0.2) is 0 Å². The molecule has 13 nitrogen and oxygen atoms in total. The molecule has 0 spiro atoms. The normalized spacial score (nSPS) is 14.8. The van der Waals surface area contributed by atoms with E-state index in [-0.39, 0.29) is 0 Å². The topological polar surface area (TPSA) is 231 Å². The van der Waals surface area contributed by atoms with Crippen LogP contribution >= 0.6 is 0 Å². The third-order valence-corrected chi connectivity index (χ3v) is 4.25. The summed E-state index contributed by atoms with van der Waals surface area (Å²) in [6.45, 7) is 6.39. The molecule has 0 radical (unpaired) electrons. The van der Waals surface area contributed by atoms with Crippen LogP contribution in [-0.2, 0) is 28.8 Å². The number of hydrogen-bond acceptors (Lipinski definition) is 7. The molecule has 0 fully saturated rings. The number of carboxylic acids is 2. The Morgan fingerprint density at radius 1 is 0.742 bits per heavy atom. The van der Waals surface area contributed by atoms with Crippen LogP contribution in [0.2, 0.25) is 0 Å². The van der Waals surface area contributed by atoms with Gasteiger partial charge in [-0.1, -0.05) is 27.7 Å². The first-order valence-electron chi connectivity index (χ1n) is 9.56. The number of hydrogen-bond donors (Lipinski definition) is 7. The van der Waals surface area contributed by atoms with Crippen LogP contribution in [0.4, 0.5) is 0 Å². The predicted octanol–water partition coefficient (Wildman–Crippen LogP) is -2.49. The van der Waals surface area contributed by atoms with Crippen LogP contribution in [0.25, 0.3) is 0 Å². The van der Waals surface area contributed by atoms with E-state index in [9.17, 15) is 33.9 Å². The van der Waals surface area contributed by atoms with Gasteiger partial charge in [-0.3, -0.25) is 24.0 Å². The Morgan fingerprint density at radius 2 is 1.23 bits per heavy atom. The number of aliphatic carboxylic acids is 2. The van der Waals surface area contributed by atoms with Crippen LogP contribution in [0.3, 0.4) is 0 Å². The van der Waals surface area contributed by atoms with Crippen molar-refractivity contribution in [3.05, 3.63) is 0 Å². The third kappa shape index (κ3) is 9.89. The number of carbonyl (C=O) groups excluding carboxylic acids is 4. The van der Waals surface area contributed by atoms with Gasteiger partial charge in [0, 0.05) is 0 Å². The van der Waals surface area contributed by atoms with Gasteiger partial charge in [0.25, 0.3) is 0 Å². The highest BCUT2D eigenvalue weighted by Gasteiger charge is 2.33. The first-order valence-corrected chi connectivity index (χ1v) is 9.56. The van der Waals surface area contributed by atoms with Crippen molar-refractivity contribution in [3.8, 4) is 0 Å². The van der Waals surface area contributed by atoms with Gasteiger partial charge in [0.1, 0.15) is 18.1 Å². The number of rotatable bonds is 13. The van der Waals surface area contributed by atoms with E-state index in [0.29, 0.717) is 0 Å². The zero-order valence-corrected chi connectivity index (χ0v) is 17.9. The molecule has 0 aliphatic rings. The molecule has 4 amide bonds. The van der Waals surface area contributed by atoms with Crippen molar-refractivity contribution in [2.24, 2.45) is 23.3 Å². The Morgan fingerprint density at radius 3 is 1.61 bits per heavy atom. The zero-order valence-electron chi connectivity index (χ0n) is 17.9. The molecule has 0 aliphatic heterocycles. The number of nitrogens with one attached hydrogen (secondary N) is 3. The van der Waals surface area contributed by atoms with Crippen molar-refractivity contribution >= 4 is 35.6 Å². The van der Waals surface area contributed by atoms with Gasteiger partial charge in [-0.05, 0) is 11.8 Å². The predicted molar refractivity (Wildman–Crippen MR) is 107 cm³/mol. The van der Waals surface area contributed by atoms with Gasteiger partial charge < -0.3 is 37.6 Å². The molecular formula is C18H31N5O8. The highest BCUT2D eigenvalue weighted by atomic mass is 16.4. The van der Waals surface area contributed by atoms with Gasteiger partial charge in [-0.15, -0.1) is 0 Å². The molecule has 4 atom stereocenters. The summed E-state index contributed by atoms with van der Waals surface area (Å²) in [6, 6.07) is -5.37. The van der Waals surface area contributed by atoms with Crippen molar-refractivity contribution < 1.29 is 39.0 Å². The van der Waals surface area contributed by atoms with Crippen molar-refractivity contribution in [1.82, 2.24) is 16.0 Å². The fourth-order valence-electron chi connectivity index (χ4n) is 2.52. The Labute approximate surface area is 179 Å². The molecule has 13 heteroatoms. The molecule has 4 unspecified atom stereocenters. The number of primary amides is 1. The molecule has 0 bridgehead atoms. The number of nitrogens with two attached hydrogens (primary N) is 2. The fraction of sp³-hybridized carbons (Fsp3) is 0.667. The summed E-state index contributed by atoms with van der Waals surface area (Å²) in [4.78, 5) is 70.6. The maximum Gasteiger partial charge on any atom is 0.326 e. The first kappa shape index (κ1) is 27.8. The summed E-state index contributed by atoms with van der Waals surface area (Å²) in [5.74, 6) is -7.15. The van der Waals surface area contributed by atoms with E-state index in [4.69, 9.17) is 16.6 Å². The molecule has 0 aromatic carbocycles. The lowest BCUT2D eigenvalue weighted by molar-refractivity contribution is -0.144. The number of carbonyl (C=O) groups is 6. The lowest BCUT2D eigenvalue weighted by atomic mass is 9.99. The Bertz CT molecular complexity index is 709. The second-order valence-electron chi connectivity index (χ2n) is 7.73. The second kappa shape index (κ2) is 12.5. The minimum absolute atomic E-state index is 0.428. The summed E-state index contributed by atoms with van der Waals surface area (Å²) in [7, 11) is 0. The lowest BCUT2D eigenvalue weighted by Gasteiger charge is -2.27. The highest BCUT2D eigenvalue weighted by molar-refractivity contribution is 5.96. The monoisotopic (exact) mass is 445 g/mol. The minimum atomic E-state index is -1.51. The van der Waals surface area contributed by atoms with Crippen LogP contribution in [-0.4, -0.2) is 69.9 Å².